The van der Waals surface area contributed by atoms with Crippen LogP contribution in [0.5, 0.6) is 0 Å². The van der Waals surface area contributed by atoms with Crippen LogP contribution < -0.4 is 5.32 Å². The van der Waals surface area contributed by atoms with Crippen LogP contribution >= 0.6 is 0 Å². The summed E-state index contributed by atoms with van der Waals surface area (Å²) in [7, 11) is 0. The number of hydrogen-bond acceptors (Lipinski definition) is 3. The summed E-state index contributed by atoms with van der Waals surface area (Å²) in [6, 6.07) is 0. The van der Waals surface area contributed by atoms with E-state index in [-0.39, 0.29) is 12.0 Å². The number of aliphatic hydroxyl groups excluding tert-OH is 1. The normalized spacial score (nSPS) is 24.0. The lowest BCUT2D eigenvalue weighted by atomic mass is 9.70. The molecule has 1 aliphatic heterocycles. The molecule has 0 saturated carbocycles. The molecule has 1 heterocycles. The van der Waals surface area contributed by atoms with Gasteiger partial charge in [0, 0.05) is 18.5 Å². The van der Waals surface area contributed by atoms with Crippen LogP contribution in [0.15, 0.2) is 0 Å². The highest BCUT2D eigenvalue weighted by Crippen LogP contribution is 2.34. The molecule has 0 aromatic rings. The molecule has 0 atom stereocenters. The highest BCUT2D eigenvalue weighted by molar-refractivity contribution is 5.02. The fourth-order valence-corrected chi connectivity index (χ4v) is 1.16. The molecule has 0 aromatic heterocycles. The standard InChI is InChI=1S/C7H15NO2/c1-6(2,10)7(5-9)3-8-4-7/h8-10H,3-5H2,1-2H3. The van der Waals surface area contributed by atoms with Crippen molar-refractivity contribution in [1.29, 1.82) is 0 Å². The molecule has 1 saturated heterocycles. The van der Waals surface area contributed by atoms with Crippen LogP contribution in [0.3, 0.4) is 0 Å². The smallest absolute Gasteiger partial charge is 0.0694 e. The van der Waals surface area contributed by atoms with Gasteiger partial charge in [-0.2, -0.15) is 0 Å². The van der Waals surface area contributed by atoms with E-state index in [2.05, 4.69) is 5.32 Å². The van der Waals surface area contributed by atoms with Crippen molar-refractivity contribution < 1.29 is 10.2 Å². The van der Waals surface area contributed by atoms with Gasteiger partial charge in [-0.15, -0.1) is 0 Å². The van der Waals surface area contributed by atoms with Crippen molar-refractivity contribution in [3.8, 4) is 0 Å². The van der Waals surface area contributed by atoms with Gasteiger partial charge in [-0.1, -0.05) is 0 Å². The Morgan fingerprint density at radius 1 is 1.50 bits per heavy atom. The Bertz CT molecular complexity index is 119. The van der Waals surface area contributed by atoms with Gasteiger partial charge in [0.05, 0.1) is 12.2 Å². The molecular formula is C7H15NO2. The maximum Gasteiger partial charge on any atom is 0.0694 e. The number of hydrogen-bond donors (Lipinski definition) is 3. The Labute approximate surface area is 61.1 Å². The van der Waals surface area contributed by atoms with Crippen molar-refractivity contribution in [2.45, 2.75) is 19.4 Å². The number of aliphatic hydroxyl groups is 2. The zero-order valence-electron chi connectivity index (χ0n) is 6.52. The molecule has 3 N–H and O–H groups in total. The van der Waals surface area contributed by atoms with Crippen LogP contribution in [-0.2, 0) is 0 Å². The molecule has 1 rings (SSSR count). The van der Waals surface area contributed by atoms with Gasteiger partial charge in [-0.05, 0) is 13.8 Å². The third-order valence-electron chi connectivity index (χ3n) is 2.53. The van der Waals surface area contributed by atoms with E-state index in [4.69, 9.17) is 5.11 Å². The van der Waals surface area contributed by atoms with E-state index in [1.165, 1.54) is 0 Å². The van der Waals surface area contributed by atoms with Gasteiger partial charge in [-0.25, -0.2) is 0 Å². The Kier molecular flexibility index (Phi) is 1.75. The summed E-state index contributed by atoms with van der Waals surface area (Å²) in [5, 5.41) is 21.6. The van der Waals surface area contributed by atoms with Crippen LogP contribution in [0.25, 0.3) is 0 Å². The summed E-state index contributed by atoms with van der Waals surface area (Å²) < 4.78 is 0. The summed E-state index contributed by atoms with van der Waals surface area (Å²) in [4.78, 5) is 0. The Balaban J connectivity index is 2.65. The minimum absolute atomic E-state index is 0.0590. The molecule has 0 spiro atoms. The van der Waals surface area contributed by atoms with E-state index < -0.39 is 5.60 Å². The maximum absolute atomic E-state index is 9.59. The van der Waals surface area contributed by atoms with Gasteiger partial charge in [0.25, 0.3) is 0 Å². The van der Waals surface area contributed by atoms with Crippen molar-refractivity contribution >= 4 is 0 Å². The van der Waals surface area contributed by atoms with Crippen molar-refractivity contribution in [3.63, 3.8) is 0 Å². The average molecular weight is 145 g/mol. The summed E-state index contributed by atoms with van der Waals surface area (Å²) in [6.45, 7) is 4.97. The summed E-state index contributed by atoms with van der Waals surface area (Å²) in [5.41, 5.74) is -1.07. The highest BCUT2D eigenvalue weighted by atomic mass is 16.3. The minimum Gasteiger partial charge on any atom is -0.396 e. The molecule has 0 radical (unpaired) electrons. The Hall–Kier alpha value is -0.120. The van der Waals surface area contributed by atoms with Crippen molar-refractivity contribution in [1.82, 2.24) is 5.32 Å². The van der Waals surface area contributed by atoms with Crippen LogP contribution in [0.1, 0.15) is 13.8 Å². The second-order valence-electron chi connectivity index (χ2n) is 3.60. The Morgan fingerprint density at radius 3 is 2.00 bits per heavy atom. The first-order valence-electron chi connectivity index (χ1n) is 3.56. The quantitative estimate of drug-likeness (QED) is 0.483. The first kappa shape index (κ1) is 7.98. The van der Waals surface area contributed by atoms with Gasteiger partial charge in [-0.3, -0.25) is 0 Å². The van der Waals surface area contributed by atoms with Gasteiger partial charge >= 0.3 is 0 Å². The zero-order valence-corrected chi connectivity index (χ0v) is 6.52. The number of rotatable bonds is 2. The van der Waals surface area contributed by atoms with Crippen LogP contribution in [0.2, 0.25) is 0 Å². The minimum atomic E-state index is -0.771. The van der Waals surface area contributed by atoms with Crippen molar-refractivity contribution in [2.75, 3.05) is 19.7 Å². The molecule has 3 heteroatoms. The zero-order chi connectivity index (χ0) is 7.83. The fraction of sp³-hybridized carbons (Fsp3) is 1.00. The second-order valence-corrected chi connectivity index (χ2v) is 3.60. The third-order valence-corrected chi connectivity index (χ3v) is 2.53. The lowest BCUT2D eigenvalue weighted by Gasteiger charge is -2.49. The van der Waals surface area contributed by atoms with E-state index in [0.29, 0.717) is 13.1 Å². The van der Waals surface area contributed by atoms with Gasteiger partial charge in [0.2, 0.25) is 0 Å². The topological polar surface area (TPSA) is 52.5 Å². The average Bonchev–Trinajstić information content (AvgIpc) is 1.58. The van der Waals surface area contributed by atoms with Crippen LogP contribution in [0, 0.1) is 5.41 Å². The van der Waals surface area contributed by atoms with E-state index in [1.807, 2.05) is 0 Å². The largest absolute Gasteiger partial charge is 0.396 e. The van der Waals surface area contributed by atoms with Crippen LogP contribution in [0.4, 0.5) is 0 Å². The molecule has 10 heavy (non-hydrogen) atoms. The summed E-state index contributed by atoms with van der Waals surface area (Å²) in [6.07, 6.45) is 0. The lowest BCUT2D eigenvalue weighted by Crippen LogP contribution is -2.65. The molecule has 0 aromatic carbocycles. The fourth-order valence-electron chi connectivity index (χ4n) is 1.16. The first-order valence-corrected chi connectivity index (χ1v) is 3.56. The lowest BCUT2D eigenvalue weighted by molar-refractivity contribution is -0.112. The van der Waals surface area contributed by atoms with E-state index in [0.717, 1.165) is 0 Å². The summed E-state index contributed by atoms with van der Waals surface area (Å²) in [5.74, 6) is 0. The molecule has 0 aliphatic carbocycles. The van der Waals surface area contributed by atoms with E-state index in [1.54, 1.807) is 13.8 Å². The molecular weight excluding hydrogens is 130 g/mol. The predicted octanol–water partition coefficient (Wildman–Crippen LogP) is -0.661. The highest BCUT2D eigenvalue weighted by Gasteiger charge is 2.48. The number of nitrogens with one attached hydrogen (secondary N) is 1. The molecule has 1 fully saturated rings. The molecule has 1 aliphatic rings. The van der Waals surface area contributed by atoms with Crippen molar-refractivity contribution in [3.05, 3.63) is 0 Å². The van der Waals surface area contributed by atoms with Gasteiger partial charge < -0.3 is 15.5 Å². The molecule has 60 valence electrons. The van der Waals surface area contributed by atoms with Crippen molar-refractivity contribution in [2.24, 2.45) is 5.41 Å². The molecule has 0 unspecified atom stereocenters. The Morgan fingerprint density at radius 2 is 2.00 bits per heavy atom. The SMILES string of the molecule is CC(C)(O)C1(CO)CNC1. The van der Waals surface area contributed by atoms with E-state index in [9.17, 15) is 5.11 Å². The third kappa shape index (κ3) is 0.944. The predicted molar refractivity (Wildman–Crippen MR) is 38.7 cm³/mol. The molecule has 3 nitrogen and oxygen atoms in total. The monoisotopic (exact) mass is 145 g/mol. The van der Waals surface area contributed by atoms with Crippen LogP contribution in [-0.4, -0.2) is 35.5 Å². The van der Waals surface area contributed by atoms with Gasteiger partial charge in [0.1, 0.15) is 0 Å². The molecule has 0 bridgehead atoms. The first-order chi connectivity index (χ1) is 4.52. The van der Waals surface area contributed by atoms with E-state index >= 15 is 0 Å². The second kappa shape index (κ2) is 2.19. The maximum atomic E-state index is 9.59. The summed E-state index contributed by atoms with van der Waals surface area (Å²) >= 11 is 0. The van der Waals surface area contributed by atoms with Gasteiger partial charge in [0.15, 0.2) is 0 Å². The molecule has 0 amide bonds.